The van der Waals surface area contributed by atoms with Gasteiger partial charge in [0.25, 0.3) is 0 Å². The van der Waals surface area contributed by atoms with E-state index in [1.54, 1.807) is 0 Å². The fraction of sp³-hybridized carbons (Fsp3) is 0.500. The maximum Gasteiger partial charge on any atom is 0.209 e. The highest BCUT2D eigenvalue weighted by molar-refractivity contribution is 6.32. The summed E-state index contributed by atoms with van der Waals surface area (Å²) in [6, 6.07) is 18.0. The van der Waals surface area contributed by atoms with Gasteiger partial charge in [0.2, 0.25) is 5.69 Å². The first kappa shape index (κ1) is 33.5. The van der Waals surface area contributed by atoms with Crippen LogP contribution in [0.2, 0.25) is 0 Å². The molecule has 2 aliphatic heterocycles. The third-order valence-corrected chi connectivity index (χ3v) is 10.9. The van der Waals surface area contributed by atoms with Crippen molar-refractivity contribution in [3.63, 3.8) is 0 Å². The molecule has 3 aliphatic rings. The first-order chi connectivity index (χ1) is 21.7. The van der Waals surface area contributed by atoms with Gasteiger partial charge in [-0.2, -0.15) is 4.58 Å². The van der Waals surface area contributed by atoms with Crippen molar-refractivity contribution in [1.82, 2.24) is 0 Å². The second kappa shape index (κ2) is 14.7. The van der Waals surface area contributed by atoms with Gasteiger partial charge in [0.1, 0.15) is 6.54 Å². The van der Waals surface area contributed by atoms with Gasteiger partial charge in [0.05, 0.1) is 5.41 Å². The molecule has 45 heavy (non-hydrogen) atoms. The molecule has 0 N–H and O–H groups in total. The van der Waals surface area contributed by atoms with Crippen molar-refractivity contribution < 1.29 is 4.58 Å². The third-order valence-electron chi connectivity index (χ3n) is 10.4. The summed E-state index contributed by atoms with van der Waals surface area (Å²) < 4.78 is 2.57. The van der Waals surface area contributed by atoms with Gasteiger partial charge >= 0.3 is 0 Å². The lowest BCUT2D eigenvalue weighted by molar-refractivity contribution is -0.438. The smallest absolute Gasteiger partial charge is 0.209 e. The molecule has 2 heterocycles. The summed E-state index contributed by atoms with van der Waals surface area (Å²) in [5.74, 6) is 0. The molecule has 0 bridgehead atoms. The summed E-state index contributed by atoms with van der Waals surface area (Å²) in [6.07, 6.45) is 22.8. The number of fused-ring (bicyclic) bond motifs is 2. The molecule has 240 valence electrons. The van der Waals surface area contributed by atoms with E-state index in [4.69, 9.17) is 11.6 Å². The van der Waals surface area contributed by atoms with Gasteiger partial charge < -0.3 is 4.90 Å². The molecule has 0 saturated heterocycles. The quantitative estimate of drug-likeness (QED) is 0.159. The van der Waals surface area contributed by atoms with E-state index in [0.29, 0.717) is 0 Å². The molecule has 2 aromatic carbocycles. The lowest BCUT2D eigenvalue weighted by Gasteiger charge is -2.27. The van der Waals surface area contributed by atoms with Crippen LogP contribution in [-0.4, -0.2) is 23.4 Å². The zero-order chi connectivity index (χ0) is 32.0. The Hall–Kier alpha value is -2.84. The number of para-hydroxylation sites is 2. The molecule has 3 heteroatoms. The van der Waals surface area contributed by atoms with Gasteiger partial charge in [0, 0.05) is 52.5 Å². The van der Waals surface area contributed by atoms with Crippen LogP contribution in [-0.2, 0) is 10.8 Å². The average molecular weight is 624 g/mol. The number of hydrogen-bond donors (Lipinski definition) is 0. The molecular formula is C42H56ClN2+. The molecule has 5 rings (SSSR count). The summed E-state index contributed by atoms with van der Waals surface area (Å²) in [6.45, 7) is 16.2. The fourth-order valence-corrected chi connectivity index (χ4v) is 8.04. The van der Waals surface area contributed by atoms with Crippen molar-refractivity contribution in [3.05, 3.63) is 106 Å². The number of halogens is 1. The van der Waals surface area contributed by atoms with Crippen molar-refractivity contribution in [1.29, 1.82) is 0 Å². The van der Waals surface area contributed by atoms with Gasteiger partial charge in [-0.15, -0.1) is 0 Å². The Morgan fingerprint density at radius 3 is 2.22 bits per heavy atom. The number of hydrogen-bond acceptors (Lipinski definition) is 1. The molecule has 0 spiro atoms. The van der Waals surface area contributed by atoms with Crippen LogP contribution in [0.15, 0.2) is 94.7 Å². The SMILES string of the molecule is CCCCCCCN1/C(=C/C=C2\CCCC(/C=C/C3=[N+](CCCCC)c4ccccc4C3(C)C)=C2Cl)C(C)(C)c2ccccc21. The van der Waals surface area contributed by atoms with Crippen LogP contribution in [0.3, 0.4) is 0 Å². The van der Waals surface area contributed by atoms with Crippen LogP contribution < -0.4 is 4.90 Å². The van der Waals surface area contributed by atoms with E-state index in [0.717, 1.165) is 37.4 Å². The van der Waals surface area contributed by atoms with Gasteiger partial charge in [0.15, 0.2) is 5.71 Å². The highest BCUT2D eigenvalue weighted by atomic mass is 35.5. The highest BCUT2D eigenvalue weighted by Gasteiger charge is 2.44. The summed E-state index contributed by atoms with van der Waals surface area (Å²) >= 11 is 7.24. The predicted molar refractivity (Wildman–Crippen MR) is 196 cm³/mol. The summed E-state index contributed by atoms with van der Waals surface area (Å²) in [4.78, 5) is 2.59. The Balaban J connectivity index is 1.44. The monoisotopic (exact) mass is 623 g/mol. The Bertz CT molecular complexity index is 1510. The molecule has 0 aromatic heterocycles. The van der Waals surface area contributed by atoms with E-state index in [-0.39, 0.29) is 10.8 Å². The number of nitrogens with zero attached hydrogens (tertiary/aromatic N) is 2. The van der Waals surface area contributed by atoms with Crippen LogP contribution in [0.4, 0.5) is 11.4 Å². The number of benzene rings is 2. The van der Waals surface area contributed by atoms with Crippen molar-refractivity contribution in [3.8, 4) is 0 Å². The molecule has 0 saturated carbocycles. The number of rotatable bonds is 13. The largest absolute Gasteiger partial charge is 0.344 e. The minimum atomic E-state index is -0.0361. The molecular weight excluding hydrogens is 568 g/mol. The number of allylic oxidation sites excluding steroid dienone is 8. The van der Waals surface area contributed by atoms with Crippen molar-refractivity contribution in [2.45, 2.75) is 123 Å². The van der Waals surface area contributed by atoms with E-state index in [9.17, 15) is 0 Å². The molecule has 0 fully saturated rings. The maximum atomic E-state index is 7.24. The van der Waals surface area contributed by atoms with E-state index in [1.165, 1.54) is 96.4 Å². The van der Waals surface area contributed by atoms with Gasteiger partial charge in [-0.05, 0) is 74.8 Å². The van der Waals surface area contributed by atoms with Gasteiger partial charge in [-0.1, -0.05) is 120 Å². The van der Waals surface area contributed by atoms with Crippen LogP contribution in [0.5, 0.6) is 0 Å². The Morgan fingerprint density at radius 1 is 0.756 bits per heavy atom. The minimum absolute atomic E-state index is 0.0346. The van der Waals surface area contributed by atoms with Crippen molar-refractivity contribution in [2.24, 2.45) is 0 Å². The Morgan fingerprint density at radius 2 is 1.44 bits per heavy atom. The molecule has 2 nitrogen and oxygen atoms in total. The van der Waals surface area contributed by atoms with Gasteiger partial charge in [-0.3, -0.25) is 0 Å². The molecule has 0 amide bonds. The molecule has 1 aliphatic carbocycles. The molecule has 0 unspecified atom stereocenters. The van der Waals surface area contributed by atoms with Crippen LogP contribution in [0.25, 0.3) is 0 Å². The van der Waals surface area contributed by atoms with Crippen molar-refractivity contribution in [2.75, 3.05) is 18.0 Å². The average Bonchev–Trinajstić information content (AvgIpc) is 3.38. The highest BCUT2D eigenvalue weighted by Crippen LogP contribution is 2.48. The topological polar surface area (TPSA) is 6.25 Å². The second-order valence-electron chi connectivity index (χ2n) is 14.4. The van der Waals surface area contributed by atoms with E-state index >= 15 is 0 Å². The summed E-state index contributed by atoms with van der Waals surface area (Å²) in [5.41, 5.74) is 10.8. The van der Waals surface area contributed by atoms with Crippen LogP contribution in [0.1, 0.15) is 123 Å². The van der Waals surface area contributed by atoms with E-state index in [1.807, 2.05) is 0 Å². The fourth-order valence-electron chi connectivity index (χ4n) is 7.72. The number of anilines is 1. The van der Waals surface area contributed by atoms with Crippen molar-refractivity contribution >= 4 is 28.7 Å². The molecule has 2 aromatic rings. The maximum absolute atomic E-state index is 7.24. The normalized spacial score (nSPS) is 20.6. The number of unbranched alkanes of at least 4 members (excludes halogenated alkanes) is 6. The second-order valence-corrected chi connectivity index (χ2v) is 14.7. The third kappa shape index (κ3) is 6.97. The predicted octanol–water partition coefficient (Wildman–Crippen LogP) is 12.1. The van der Waals surface area contributed by atoms with Gasteiger partial charge in [-0.25, -0.2) is 0 Å². The molecule has 0 atom stereocenters. The van der Waals surface area contributed by atoms with Crippen LogP contribution in [0, 0.1) is 0 Å². The Kier molecular flexibility index (Phi) is 11.0. The zero-order valence-electron chi connectivity index (χ0n) is 28.9. The Labute approximate surface area is 279 Å². The molecule has 0 radical (unpaired) electrons. The van der Waals surface area contributed by atoms with E-state index in [2.05, 4.69) is 124 Å². The standard InChI is InChI=1S/C42H56ClN2/c1-7-9-11-12-18-31-45-37-25-16-14-23-35(37)42(5,6)39(45)29-27-33-21-19-20-32(40(33)43)26-28-38-41(3,4)34-22-13-15-24-36(34)44(38)30-17-10-8-2/h13-16,22-29H,7-12,17-21,30-31H2,1-6H3/q+1. The van der Waals surface area contributed by atoms with Crippen LogP contribution >= 0.6 is 11.6 Å². The summed E-state index contributed by atoms with van der Waals surface area (Å²) in [7, 11) is 0. The van der Waals surface area contributed by atoms with E-state index < -0.39 is 0 Å². The first-order valence-corrected chi connectivity index (χ1v) is 18.2. The summed E-state index contributed by atoms with van der Waals surface area (Å²) in [5, 5.41) is 0.945. The first-order valence-electron chi connectivity index (χ1n) is 17.8. The lowest BCUT2D eigenvalue weighted by Crippen LogP contribution is -2.28. The zero-order valence-corrected chi connectivity index (χ0v) is 29.6. The minimum Gasteiger partial charge on any atom is -0.344 e. The lowest BCUT2D eigenvalue weighted by atomic mass is 9.81.